The van der Waals surface area contributed by atoms with Gasteiger partial charge in [0.05, 0.1) is 11.5 Å². The summed E-state index contributed by atoms with van der Waals surface area (Å²) in [5.41, 5.74) is 0.491. The molecule has 1 rings (SSSR count). The first-order chi connectivity index (χ1) is 5.66. The van der Waals surface area contributed by atoms with Gasteiger partial charge in [-0.2, -0.15) is 0 Å². The summed E-state index contributed by atoms with van der Waals surface area (Å²) in [4.78, 5) is 9.89. The number of nitrogens with zero attached hydrogens (tertiary/aromatic N) is 1. The molecular formula is C7H6BrNO3. The molecule has 5 heteroatoms. The van der Waals surface area contributed by atoms with Gasteiger partial charge in [-0.3, -0.25) is 10.1 Å². The van der Waals surface area contributed by atoms with E-state index in [2.05, 4.69) is 15.9 Å². The zero-order valence-corrected chi connectivity index (χ0v) is 7.61. The van der Waals surface area contributed by atoms with Crippen molar-refractivity contribution in [3.63, 3.8) is 0 Å². The van der Waals surface area contributed by atoms with Crippen LogP contribution in [-0.2, 0) is 6.61 Å². The molecule has 0 aliphatic heterocycles. The average Bonchev–Trinajstić information content (AvgIpc) is 2.04. The Balaban J connectivity index is 3.23. The molecule has 0 saturated carbocycles. The van der Waals surface area contributed by atoms with Crippen LogP contribution in [0.25, 0.3) is 0 Å². The third kappa shape index (κ3) is 1.62. The van der Waals surface area contributed by atoms with Crippen molar-refractivity contribution < 1.29 is 10.0 Å². The minimum atomic E-state index is -0.497. The summed E-state index contributed by atoms with van der Waals surface area (Å²) in [7, 11) is 0. The Bertz CT molecular complexity index is 314. The predicted octanol–water partition coefficient (Wildman–Crippen LogP) is 1.85. The second-order valence-corrected chi connectivity index (χ2v) is 2.96. The summed E-state index contributed by atoms with van der Waals surface area (Å²) < 4.78 is 0.345. The van der Waals surface area contributed by atoms with Crippen LogP contribution < -0.4 is 0 Å². The first-order valence-electron chi connectivity index (χ1n) is 3.19. The van der Waals surface area contributed by atoms with E-state index in [4.69, 9.17) is 5.11 Å². The molecule has 0 saturated heterocycles. The Hall–Kier alpha value is -0.940. The van der Waals surface area contributed by atoms with Gasteiger partial charge in [0.1, 0.15) is 4.47 Å². The van der Waals surface area contributed by atoms with Crippen molar-refractivity contribution in [3.05, 3.63) is 38.3 Å². The van der Waals surface area contributed by atoms with E-state index < -0.39 is 4.92 Å². The smallest absolute Gasteiger partial charge is 0.283 e. The molecule has 1 N–H and O–H groups in total. The summed E-state index contributed by atoms with van der Waals surface area (Å²) in [6.07, 6.45) is 0. The van der Waals surface area contributed by atoms with Crippen LogP contribution in [0.2, 0.25) is 0 Å². The van der Waals surface area contributed by atoms with Gasteiger partial charge in [-0.1, -0.05) is 12.1 Å². The second kappa shape index (κ2) is 3.64. The number of benzene rings is 1. The number of aliphatic hydroxyl groups excluding tert-OH is 1. The summed E-state index contributed by atoms with van der Waals surface area (Å²) in [6.45, 7) is -0.206. The number of hydrogen-bond acceptors (Lipinski definition) is 3. The highest BCUT2D eigenvalue weighted by Crippen LogP contribution is 2.27. The number of aliphatic hydroxyl groups is 1. The Morgan fingerprint density at radius 3 is 2.75 bits per heavy atom. The van der Waals surface area contributed by atoms with E-state index in [1.54, 1.807) is 6.07 Å². The van der Waals surface area contributed by atoms with Gasteiger partial charge >= 0.3 is 0 Å². The number of hydrogen-bond donors (Lipinski definition) is 1. The van der Waals surface area contributed by atoms with Gasteiger partial charge < -0.3 is 5.11 Å². The third-order valence-corrected chi connectivity index (χ3v) is 2.34. The third-order valence-electron chi connectivity index (χ3n) is 1.43. The quantitative estimate of drug-likeness (QED) is 0.625. The Morgan fingerprint density at radius 1 is 1.58 bits per heavy atom. The van der Waals surface area contributed by atoms with Crippen molar-refractivity contribution in [3.8, 4) is 0 Å². The lowest BCUT2D eigenvalue weighted by Crippen LogP contribution is -1.92. The molecular weight excluding hydrogens is 226 g/mol. The minimum Gasteiger partial charge on any atom is -0.392 e. The van der Waals surface area contributed by atoms with Crippen LogP contribution in [-0.4, -0.2) is 10.0 Å². The molecule has 0 fully saturated rings. The molecule has 0 aliphatic carbocycles. The lowest BCUT2D eigenvalue weighted by atomic mass is 10.2. The molecule has 1 aromatic rings. The van der Waals surface area contributed by atoms with Crippen LogP contribution in [0.1, 0.15) is 5.56 Å². The lowest BCUT2D eigenvalue weighted by Gasteiger charge is -1.99. The maximum atomic E-state index is 10.4. The van der Waals surface area contributed by atoms with Crippen molar-refractivity contribution >= 4 is 21.6 Å². The highest BCUT2D eigenvalue weighted by Gasteiger charge is 2.13. The summed E-state index contributed by atoms with van der Waals surface area (Å²) in [6, 6.07) is 4.54. The van der Waals surface area contributed by atoms with E-state index in [-0.39, 0.29) is 12.3 Å². The fourth-order valence-electron chi connectivity index (χ4n) is 0.829. The zero-order valence-electron chi connectivity index (χ0n) is 6.03. The van der Waals surface area contributed by atoms with Crippen LogP contribution in [0.5, 0.6) is 0 Å². The van der Waals surface area contributed by atoms with Gasteiger partial charge in [0.2, 0.25) is 0 Å². The topological polar surface area (TPSA) is 63.4 Å². The highest BCUT2D eigenvalue weighted by molar-refractivity contribution is 9.10. The molecule has 0 radical (unpaired) electrons. The Morgan fingerprint density at radius 2 is 2.25 bits per heavy atom. The van der Waals surface area contributed by atoms with Crippen LogP contribution in [0.3, 0.4) is 0 Å². The van der Waals surface area contributed by atoms with Gasteiger partial charge in [-0.15, -0.1) is 0 Å². The van der Waals surface area contributed by atoms with Crippen LogP contribution in [0.4, 0.5) is 5.69 Å². The molecule has 0 atom stereocenters. The Labute approximate surface area is 77.1 Å². The largest absolute Gasteiger partial charge is 0.392 e. The van der Waals surface area contributed by atoms with Gasteiger partial charge in [0.25, 0.3) is 5.69 Å². The van der Waals surface area contributed by atoms with Crippen molar-refractivity contribution in [1.82, 2.24) is 0 Å². The Kier molecular flexibility index (Phi) is 2.78. The molecule has 0 bridgehead atoms. The monoisotopic (exact) mass is 231 g/mol. The molecule has 0 heterocycles. The molecule has 0 aliphatic rings. The zero-order chi connectivity index (χ0) is 9.14. The summed E-state index contributed by atoms with van der Waals surface area (Å²) >= 11 is 3.04. The summed E-state index contributed by atoms with van der Waals surface area (Å²) in [5, 5.41) is 19.2. The second-order valence-electron chi connectivity index (χ2n) is 2.17. The normalized spacial score (nSPS) is 9.83. The number of rotatable bonds is 2. The van der Waals surface area contributed by atoms with Crippen molar-refractivity contribution in [2.45, 2.75) is 6.61 Å². The first kappa shape index (κ1) is 9.15. The maximum absolute atomic E-state index is 10.4. The van der Waals surface area contributed by atoms with E-state index in [9.17, 15) is 10.1 Å². The molecule has 0 aromatic heterocycles. The molecule has 12 heavy (non-hydrogen) atoms. The number of halogens is 1. The van der Waals surface area contributed by atoms with Gasteiger partial charge in [0, 0.05) is 6.07 Å². The van der Waals surface area contributed by atoms with Crippen molar-refractivity contribution in [2.24, 2.45) is 0 Å². The highest BCUT2D eigenvalue weighted by atomic mass is 79.9. The fraction of sp³-hybridized carbons (Fsp3) is 0.143. The summed E-state index contributed by atoms with van der Waals surface area (Å²) in [5.74, 6) is 0. The SMILES string of the molecule is O=[N+]([O-])c1cccc(CO)c1Br. The molecule has 0 unspecified atom stereocenters. The van der Waals surface area contributed by atoms with Crippen molar-refractivity contribution in [1.29, 1.82) is 0 Å². The van der Waals surface area contributed by atoms with E-state index in [0.29, 0.717) is 10.0 Å². The van der Waals surface area contributed by atoms with E-state index >= 15 is 0 Å². The lowest BCUT2D eigenvalue weighted by molar-refractivity contribution is -0.385. The molecule has 0 amide bonds. The van der Waals surface area contributed by atoms with E-state index in [1.165, 1.54) is 12.1 Å². The van der Waals surface area contributed by atoms with Gasteiger partial charge in [-0.05, 0) is 21.5 Å². The first-order valence-corrected chi connectivity index (χ1v) is 3.98. The molecule has 0 spiro atoms. The fourth-order valence-corrected chi connectivity index (χ4v) is 1.36. The molecule has 64 valence electrons. The van der Waals surface area contributed by atoms with E-state index in [1.807, 2.05) is 0 Å². The standard InChI is InChI=1S/C7H6BrNO3/c8-7-5(4-10)2-1-3-6(7)9(11)12/h1-3,10H,4H2. The number of nitro groups is 1. The average molecular weight is 232 g/mol. The molecule has 1 aromatic carbocycles. The van der Waals surface area contributed by atoms with E-state index in [0.717, 1.165) is 0 Å². The van der Waals surface area contributed by atoms with Gasteiger partial charge in [-0.25, -0.2) is 0 Å². The van der Waals surface area contributed by atoms with Crippen molar-refractivity contribution in [2.75, 3.05) is 0 Å². The number of nitro benzene ring substituents is 1. The minimum absolute atomic E-state index is 0.0263. The predicted molar refractivity (Wildman–Crippen MR) is 46.7 cm³/mol. The maximum Gasteiger partial charge on any atom is 0.283 e. The van der Waals surface area contributed by atoms with Gasteiger partial charge in [0.15, 0.2) is 0 Å². The van der Waals surface area contributed by atoms with Crippen LogP contribution in [0, 0.1) is 10.1 Å². The van der Waals surface area contributed by atoms with Crippen LogP contribution >= 0.6 is 15.9 Å². The molecule has 4 nitrogen and oxygen atoms in total. The van der Waals surface area contributed by atoms with Crippen LogP contribution in [0.15, 0.2) is 22.7 Å².